The maximum atomic E-state index is 12.0. The summed E-state index contributed by atoms with van der Waals surface area (Å²) in [6.07, 6.45) is 1.78. The van der Waals surface area contributed by atoms with Gasteiger partial charge in [-0.1, -0.05) is 23.7 Å². The molecule has 0 unspecified atom stereocenters. The Bertz CT molecular complexity index is 500. The molecule has 18 heavy (non-hydrogen) atoms. The highest BCUT2D eigenvalue weighted by Gasteiger charge is 2.44. The lowest BCUT2D eigenvalue weighted by molar-refractivity contribution is -0.143. The third kappa shape index (κ3) is 1.82. The summed E-state index contributed by atoms with van der Waals surface area (Å²) in [6, 6.07) is 6.70. The van der Waals surface area contributed by atoms with Crippen LogP contribution >= 0.6 is 11.6 Å². The number of halogens is 1. The van der Waals surface area contributed by atoms with Crippen LogP contribution in [0, 0.1) is 0 Å². The molecule has 1 aromatic rings. The molecule has 0 radical (unpaired) electrons. The van der Waals surface area contributed by atoms with Gasteiger partial charge in [0.1, 0.15) is 6.04 Å². The number of fused-ring (bicyclic) bond motifs is 1. The van der Waals surface area contributed by atoms with Crippen molar-refractivity contribution in [2.75, 3.05) is 6.54 Å². The molecule has 1 aromatic carbocycles. The van der Waals surface area contributed by atoms with Gasteiger partial charge in [0.2, 0.25) is 11.8 Å². The highest BCUT2D eigenvalue weighted by Crippen LogP contribution is 2.33. The van der Waals surface area contributed by atoms with Gasteiger partial charge in [0.25, 0.3) is 0 Å². The van der Waals surface area contributed by atoms with Crippen LogP contribution in [-0.2, 0) is 9.59 Å². The number of hydrogen-bond acceptors (Lipinski definition) is 3. The molecule has 2 heterocycles. The Labute approximate surface area is 110 Å². The second-order valence-corrected chi connectivity index (χ2v) is 5.14. The normalized spacial score (nSPS) is 28.1. The Morgan fingerprint density at radius 1 is 1.17 bits per heavy atom. The molecule has 0 saturated carbocycles. The van der Waals surface area contributed by atoms with Gasteiger partial charge in [0.15, 0.2) is 0 Å². The molecule has 2 atom stereocenters. The number of rotatable bonds is 1. The van der Waals surface area contributed by atoms with Gasteiger partial charge in [-0.3, -0.25) is 19.8 Å². The molecule has 2 aliphatic heterocycles. The van der Waals surface area contributed by atoms with E-state index >= 15 is 0 Å². The molecule has 3 rings (SSSR count). The molecule has 5 heteroatoms. The predicted molar refractivity (Wildman–Crippen MR) is 67.1 cm³/mol. The zero-order valence-electron chi connectivity index (χ0n) is 9.73. The summed E-state index contributed by atoms with van der Waals surface area (Å²) in [4.78, 5) is 25.7. The smallest absolute Gasteiger partial charge is 0.248 e. The summed E-state index contributed by atoms with van der Waals surface area (Å²) in [5, 5.41) is 3.10. The largest absolute Gasteiger partial charge is 0.293 e. The zero-order chi connectivity index (χ0) is 12.7. The second-order valence-electron chi connectivity index (χ2n) is 4.70. The number of benzene rings is 1. The van der Waals surface area contributed by atoms with Gasteiger partial charge >= 0.3 is 0 Å². The lowest BCUT2D eigenvalue weighted by Gasteiger charge is -2.35. The summed E-state index contributed by atoms with van der Waals surface area (Å²) in [5.41, 5.74) is 0.885. The van der Waals surface area contributed by atoms with E-state index in [-0.39, 0.29) is 23.9 Å². The minimum atomic E-state index is -0.368. The number of imide groups is 1. The molecule has 2 fully saturated rings. The molecule has 0 bridgehead atoms. The SMILES string of the molecule is O=C1NC(=O)[C@@H]2CCCN2[C@H]1c1ccc(Cl)cc1. The maximum Gasteiger partial charge on any atom is 0.248 e. The van der Waals surface area contributed by atoms with E-state index < -0.39 is 0 Å². The van der Waals surface area contributed by atoms with E-state index in [1.54, 1.807) is 12.1 Å². The second kappa shape index (κ2) is 4.37. The minimum Gasteiger partial charge on any atom is -0.293 e. The first-order chi connectivity index (χ1) is 8.66. The van der Waals surface area contributed by atoms with Crippen LogP contribution < -0.4 is 5.32 Å². The van der Waals surface area contributed by atoms with Crippen molar-refractivity contribution in [1.29, 1.82) is 0 Å². The monoisotopic (exact) mass is 264 g/mol. The molecule has 2 aliphatic rings. The molecule has 0 aromatic heterocycles. The fourth-order valence-corrected chi connectivity index (χ4v) is 2.92. The average Bonchev–Trinajstić information content (AvgIpc) is 2.81. The predicted octanol–water partition coefficient (Wildman–Crippen LogP) is 1.50. The number of nitrogens with zero attached hydrogens (tertiary/aromatic N) is 1. The van der Waals surface area contributed by atoms with Gasteiger partial charge in [0, 0.05) is 11.6 Å². The zero-order valence-corrected chi connectivity index (χ0v) is 10.5. The van der Waals surface area contributed by atoms with Gasteiger partial charge in [-0.05, 0) is 30.5 Å². The molecular formula is C13H13ClN2O2. The van der Waals surface area contributed by atoms with Crippen LogP contribution in [0.3, 0.4) is 0 Å². The number of piperazine rings is 1. The van der Waals surface area contributed by atoms with Crippen molar-refractivity contribution in [1.82, 2.24) is 10.2 Å². The van der Waals surface area contributed by atoms with Gasteiger partial charge in [-0.25, -0.2) is 0 Å². The summed E-state index contributed by atoms with van der Waals surface area (Å²) in [6.45, 7) is 0.789. The molecule has 0 aliphatic carbocycles. The fourth-order valence-electron chi connectivity index (χ4n) is 2.79. The van der Waals surface area contributed by atoms with Gasteiger partial charge in [-0.15, -0.1) is 0 Å². The van der Waals surface area contributed by atoms with Crippen LogP contribution in [0.2, 0.25) is 5.02 Å². The number of hydrogen-bond donors (Lipinski definition) is 1. The Morgan fingerprint density at radius 3 is 2.61 bits per heavy atom. The summed E-state index contributed by atoms with van der Waals surface area (Å²) < 4.78 is 0. The maximum absolute atomic E-state index is 12.0. The van der Waals surface area contributed by atoms with Crippen LogP contribution in [-0.4, -0.2) is 29.3 Å². The molecule has 4 nitrogen and oxygen atoms in total. The highest BCUT2D eigenvalue weighted by molar-refractivity contribution is 6.30. The van der Waals surface area contributed by atoms with Crippen molar-refractivity contribution in [3.8, 4) is 0 Å². The molecule has 2 amide bonds. The van der Waals surface area contributed by atoms with E-state index in [0.29, 0.717) is 5.02 Å². The summed E-state index contributed by atoms with van der Waals surface area (Å²) in [5.74, 6) is -0.400. The summed E-state index contributed by atoms with van der Waals surface area (Å²) >= 11 is 5.85. The topological polar surface area (TPSA) is 49.4 Å². The minimum absolute atomic E-state index is 0.164. The standard InChI is InChI=1S/C13H13ClN2O2/c14-9-5-3-8(4-6-9)11-13(18)15-12(17)10-2-1-7-16(10)11/h3-6,10-11H,1-2,7H2,(H,15,17,18)/t10-,11-/m0/s1. The van der Waals surface area contributed by atoms with Gasteiger partial charge in [-0.2, -0.15) is 0 Å². The Morgan fingerprint density at radius 2 is 1.89 bits per heavy atom. The number of amides is 2. The molecule has 94 valence electrons. The van der Waals surface area contributed by atoms with Crippen molar-refractivity contribution in [3.63, 3.8) is 0 Å². The van der Waals surface area contributed by atoms with E-state index in [4.69, 9.17) is 11.6 Å². The van der Waals surface area contributed by atoms with Crippen LogP contribution in [0.1, 0.15) is 24.4 Å². The van der Waals surface area contributed by atoms with E-state index in [0.717, 1.165) is 24.9 Å². The van der Waals surface area contributed by atoms with Crippen molar-refractivity contribution in [3.05, 3.63) is 34.9 Å². The molecular weight excluding hydrogens is 252 g/mol. The molecule has 1 N–H and O–H groups in total. The Kier molecular flexibility index (Phi) is 2.84. The van der Waals surface area contributed by atoms with Gasteiger partial charge < -0.3 is 0 Å². The fraction of sp³-hybridized carbons (Fsp3) is 0.385. The first-order valence-electron chi connectivity index (χ1n) is 6.03. The quantitative estimate of drug-likeness (QED) is 0.782. The molecule has 2 saturated heterocycles. The number of nitrogens with one attached hydrogen (secondary N) is 1. The summed E-state index contributed by atoms with van der Waals surface area (Å²) in [7, 11) is 0. The van der Waals surface area contributed by atoms with Crippen LogP contribution in [0.5, 0.6) is 0 Å². The van der Waals surface area contributed by atoms with E-state index in [9.17, 15) is 9.59 Å². The molecule has 0 spiro atoms. The van der Waals surface area contributed by atoms with Crippen molar-refractivity contribution < 1.29 is 9.59 Å². The van der Waals surface area contributed by atoms with E-state index in [1.807, 2.05) is 17.0 Å². The number of carbonyl (C=O) groups excluding carboxylic acids is 2. The van der Waals surface area contributed by atoms with E-state index in [2.05, 4.69) is 5.32 Å². The Balaban J connectivity index is 1.96. The van der Waals surface area contributed by atoms with Crippen molar-refractivity contribution in [2.45, 2.75) is 24.9 Å². The van der Waals surface area contributed by atoms with Crippen molar-refractivity contribution >= 4 is 23.4 Å². The highest BCUT2D eigenvalue weighted by atomic mass is 35.5. The third-order valence-corrected chi connectivity index (χ3v) is 3.86. The number of carbonyl (C=O) groups is 2. The third-order valence-electron chi connectivity index (χ3n) is 3.61. The lowest BCUT2D eigenvalue weighted by Crippen LogP contribution is -2.56. The lowest BCUT2D eigenvalue weighted by atomic mass is 10.0. The first-order valence-corrected chi connectivity index (χ1v) is 6.40. The van der Waals surface area contributed by atoms with Crippen LogP contribution in [0.25, 0.3) is 0 Å². The van der Waals surface area contributed by atoms with Crippen LogP contribution in [0.4, 0.5) is 0 Å². The Hall–Kier alpha value is -1.39. The van der Waals surface area contributed by atoms with Crippen LogP contribution in [0.15, 0.2) is 24.3 Å². The first kappa shape index (κ1) is 11.7. The van der Waals surface area contributed by atoms with Crippen molar-refractivity contribution in [2.24, 2.45) is 0 Å². The van der Waals surface area contributed by atoms with E-state index in [1.165, 1.54) is 0 Å². The average molecular weight is 265 g/mol. The van der Waals surface area contributed by atoms with Gasteiger partial charge in [0.05, 0.1) is 6.04 Å².